The second kappa shape index (κ2) is 5.69. The standard InChI is InChI=1S/C12H15NO2S/c1-3-10-13(4-2)16(14,15)11-12-8-6-5-7-9-12/h1,5-9H,4,10-11H2,2H3. The van der Waals surface area contributed by atoms with Crippen molar-refractivity contribution in [2.45, 2.75) is 12.7 Å². The molecule has 1 aromatic carbocycles. The first-order valence-electron chi connectivity index (χ1n) is 5.05. The molecule has 86 valence electrons. The van der Waals surface area contributed by atoms with E-state index in [-0.39, 0.29) is 12.3 Å². The Bertz CT molecular complexity index is 460. The topological polar surface area (TPSA) is 37.4 Å². The van der Waals surface area contributed by atoms with Crippen LogP contribution in [-0.4, -0.2) is 25.8 Å². The zero-order valence-corrected chi connectivity index (χ0v) is 10.1. The average molecular weight is 237 g/mol. The molecule has 0 aliphatic rings. The van der Waals surface area contributed by atoms with E-state index >= 15 is 0 Å². The van der Waals surface area contributed by atoms with Crippen LogP contribution in [0.4, 0.5) is 0 Å². The van der Waals surface area contributed by atoms with Gasteiger partial charge < -0.3 is 0 Å². The van der Waals surface area contributed by atoms with Crippen molar-refractivity contribution in [2.75, 3.05) is 13.1 Å². The maximum absolute atomic E-state index is 12.0. The normalized spacial score (nSPS) is 11.3. The molecule has 16 heavy (non-hydrogen) atoms. The fraction of sp³-hybridized carbons (Fsp3) is 0.333. The van der Waals surface area contributed by atoms with Crippen LogP contribution >= 0.6 is 0 Å². The van der Waals surface area contributed by atoms with Gasteiger partial charge >= 0.3 is 0 Å². The van der Waals surface area contributed by atoms with Crippen LogP contribution in [0.5, 0.6) is 0 Å². The Hall–Kier alpha value is -1.31. The quantitative estimate of drug-likeness (QED) is 0.727. The van der Waals surface area contributed by atoms with Crippen LogP contribution < -0.4 is 0 Å². The number of hydrogen-bond donors (Lipinski definition) is 0. The predicted octanol–water partition coefficient (Wildman–Crippen LogP) is 1.47. The summed E-state index contributed by atoms with van der Waals surface area (Å²) in [7, 11) is -3.30. The minimum absolute atomic E-state index is 0.00333. The van der Waals surface area contributed by atoms with Gasteiger partial charge in [-0.25, -0.2) is 8.42 Å². The lowest BCUT2D eigenvalue weighted by atomic mass is 10.2. The number of rotatable bonds is 5. The summed E-state index contributed by atoms with van der Waals surface area (Å²) in [6, 6.07) is 9.09. The maximum Gasteiger partial charge on any atom is 0.219 e. The van der Waals surface area contributed by atoms with Gasteiger partial charge in [-0.05, 0) is 5.56 Å². The molecule has 4 heteroatoms. The molecule has 0 heterocycles. The van der Waals surface area contributed by atoms with Gasteiger partial charge in [-0.15, -0.1) is 6.42 Å². The van der Waals surface area contributed by atoms with Gasteiger partial charge in [0.2, 0.25) is 10.0 Å². The molecule has 3 nitrogen and oxygen atoms in total. The van der Waals surface area contributed by atoms with Crippen molar-refractivity contribution in [2.24, 2.45) is 0 Å². The Labute approximate surface area is 97.1 Å². The van der Waals surface area contributed by atoms with E-state index in [9.17, 15) is 8.42 Å². The summed E-state index contributed by atoms with van der Waals surface area (Å²) in [4.78, 5) is 0. The van der Waals surface area contributed by atoms with Gasteiger partial charge in [0.25, 0.3) is 0 Å². The van der Waals surface area contributed by atoms with Crippen LogP contribution in [0, 0.1) is 12.3 Å². The van der Waals surface area contributed by atoms with Crippen LogP contribution in [-0.2, 0) is 15.8 Å². The highest BCUT2D eigenvalue weighted by Gasteiger charge is 2.19. The van der Waals surface area contributed by atoms with Crippen molar-refractivity contribution in [3.8, 4) is 12.3 Å². The summed E-state index contributed by atoms with van der Waals surface area (Å²) in [5.41, 5.74) is 0.776. The minimum atomic E-state index is -3.30. The first-order valence-corrected chi connectivity index (χ1v) is 6.66. The Morgan fingerprint density at radius 3 is 2.44 bits per heavy atom. The van der Waals surface area contributed by atoms with Crippen LogP contribution in [0.25, 0.3) is 0 Å². The summed E-state index contributed by atoms with van der Waals surface area (Å²) in [5.74, 6) is 2.36. The average Bonchev–Trinajstić information content (AvgIpc) is 2.26. The van der Waals surface area contributed by atoms with E-state index in [1.54, 1.807) is 19.1 Å². The van der Waals surface area contributed by atoms with E-state index < -0.39 is 10.0 Å². The lowest BCUT2D eigenvalue weighted by Crippen LogP contribution is -2.32. The molecule has 0 saturated carbocycles. The molecule has 0 fully saturated rings. The summed E-state index contributed by atoms with van der Waals surface area (Å²) < 4.78 is 25.2. The van der Waals surface area contributed by atoms with Crippen molar-refractivity contribution >= 4 is 10.0 Å². The Balaban J connectivity index is 2.83. The van der Waals surface area contributed by atoms with Gasteiger partial charge in [0, 0.05) is 6.54 Å². The number of nitrogens with zero attached hydrogens (tertiary/aromatic N) is 1. The third kappa shape index (κ3) is 3.37. The van der Waals surface area contributed by atoms with Gasteiger partial charge in [0.15, 0.2) is 0 Å². The molecule has 0 N–H and O–H groups in total. The van der Waals surface area contributed by atoms with Crippen molar-refractivity contribution in [1.82, 2.24) is 4.31 Å². The SMILES string of the molecule is C#CCN(CC)S(=O)(=O)Cc1ccccc1. The van der Waals surface area contributed by atoms with Crippen molar-refractivity contribution < 1.29 is 8.42 Å². The Morgan fingerprint density at radius 1 is 1.31 bits per heavy atom. The lowest BCUT2D eigenvalue weighted by molar-refractivity contribution is 0.463. The molecule has 0 radical (unpaired) electrons. The van der Waals surface area contributed by atoms with Gasteiger partial charge in [-0.2, -0.15) is 4.31 Å². The maximum atomic E-state index is 12.0. The summed E-state index contributed by atoms with van der Waals surface area (Å²) >= 11 is 0. The third-order valence-corrected chi connectivity index (χ3v) is 4.08. The second-order valence-corrected chi connectivity index (χ2v) is 5.34. The molecule has 0 unspecified atom stereocenters. The number of sulfonamides is 1. The molecular formula is C12H15NO2S. The summed E-state index contributed by atoms with van der Waals surface area (Å²) in [6.07, 6.45) is 5.14. The number of hydrogen-bond acceptors (Lipinski definition) is 2. The van der Waals surface area contributed by atoms with E-state index in [0.29, 0.717) is 6.54 Å². The largest absolute Gasteiger partial charge is 0.219 e. The van der Waals surface area contributed by atoms with Crippen molar-refractivity contribution in [3.63, 3.8) is 0 Å². The Kier molecular flexibility index (Phi) is 4.53. The van der Waals surface area contributed by atoms with Crippen molar-refractivity contribution in [3.05, 3.63) is 35.9 Å². The van der Waals surface area contributed by atoms with Gasteiger partial charge in [0.1, 0.15) is 0 Å². The molecule has 1 aromatic rings. The highest BCUT2D eigenvalue weighted by atomic mass is 32.2. The number of terminal acetylenes is 1. The van der Waals surface area contributed by atoms with Gasteiger partial charge in [-0.3, -0.25) is 0 Å². The molecule has 0 saturated heterocycles. The first-order chi connectivity index (χ1) is 7.60. The smallest absolute Gasteiger partial charge is 0.212 e. The molecule has 0 aliphatic carbocycles. The fourth-order valence-corrected chi connectivity index (χ4v) is 2.85. The minimum Gasteiger partial charge on any atom is -0.212 e. The third-order valence-electron chi connectivity index (χ3n) is 2.21. The molecular weight excluding hydrogens is 222 g/mol. The van der Waals surface area contributed by atoms with Crippen LogP contribution in [0.1, 0.15) is 12.5 Å². The molecule has 0 spiro atoms. The predicted molar refractivity (Wildman–Crippen MR) is 65.1 cm³/mol. The van der Waals surface area contributed by atoms with Gasteiger partial charge in [-0.1, -0.05) is 43.2 Å². The van der Waals surface area contributed by atoms with Gasteiger partial charge in [0.05, 0.1) is 12.3 Å². The highest BCUT2D eigenvalue weighted by Crippen LogP contribution is 2.09. The fourth-order valence-electron chi connectivity index (χ4n) is 1.38. The zero-order valence-electron chi connectivity index (χ0n) is 9.26. The zero-order chi connectivity index (χ0) is 12.0. The van der Waals surface area contributed by atoms with Crippen molar-refractivity contribution in [1.29, 1.82) is 0 Å². The molecule has 0 amide bonds. The molecule has 0 bridgehead atoms. The monoisotopic (exact) mass is 237 g/mol. The Morgan fingerprint density at radius 2 is 1.94 bits per heavy atom. The summed E-state index contributed by atoms with van der Waals surface area (Å²) in [6.45, 7) is 2.31. The van der Waals surface area contributed by atoms with E-state index in [1.807, 2.05) is 18.2 Å². The summed E-state index contributed by atoms with van der Waals surface area (Å²) in [5, 5.41) is 0. The van der Waals surface area contributed by atoms with Crippen LogP contribution in [0.3, 0.4) is 0 Å². The molecule has 1 rings (SSSR count). The number of benzene rings is 1. The van der Waals surface area contributed by atoms with E-state index in [4.69, 9.17) is 6.42 Å². The second-order valence-electron chi connectivity index (χ2n) is 3.37. The van der Waals surface area contributed by atoms with E-state index in [0.717, 1.165) is 5.56 Å². The highest BCUT2D eigenvalue weighted by molar-refractivity contribution is 7.88. The van der Waals surface area contributed by atoms with Crippen LogP contribution in [0.15, 0.2) is 30.3 Å². The van der Waals surface area contributed by atoms with Crippen LogP contribution in [0.2, 0.25) is 0 Å². The molecule has 0 atom stereocenters. The molecule has 0 aliphatic heterocycles. The van der Waals surface area contributed by atoms with E-state index in [2.05, 4.69) is 5.92 Å². The lowest BCUT2D eigenvalue weighted by Gasteiger charge is -2.17. The molecule has 0 aromatic heterocycles. The van der Waals surface area contributed by atoms with E-state index in [1.165, 1.54) is 4.31 Å². The first kappa shape index (κ1) is 12.8.